The van der Waals surface area contributed by atoms with E-state index in [4.69, 9.17) is 4.42 Å². The Labute approximate surface area is 95.4 Å². The van der Waals surface area contributed by atoms with Crippen molar-refractivity contribution < 1.29 is 9.21 Å². The lowest BCUT2D eigenvalue weighted by Crippen LogP contribution is -1.98. The van der Waals surface area contributed by atoms with Crippen LogP contribution in [0.15, 0.2) is 45.5 Å². The average Bonchev–Trinajstić information content (AvgIpc) is 2.97. The summed E-state index contributed by atoms with van der Waals surface area (Å²) in [6, 6.07) is 9.11. The first kappa shape index (κ1) is 9.30. The predicted molar refractivity (Wildman–Crippen MR) is 61.8 cm³/mol. The number of fused-ring (bicyclic) bond motifs is 1. The maximum absolute atomic E-state index is 11.9. The number of thiophene rings is 1. The Morgan fingerprint density at radius 2 is 2.12 bits per heavy atom. The Balaban J connectivity index is 2.10. The number of carbonyl (C=O) groups is 1. The van der Waals surface area contributed by atoms with Gasteiger partial charge in [0.2, 0.25) is 5.78 Å². The minimum absolute atomic E-state index is 0.152. The molecule has 0 spiro atoms. The van der Waals surface area contributed by atoms with Crippen LogP contribution in [0.1, 0.15) is 16.2 Å². The second-order valence-electron chi connectivity index (χ2n) is 3.33. The lowest BCUT2D eigenvalue weighted by Gasteiger charge is -1.88. The van der Waals surface area contributed by atoms with Crippen molar-refractivity contribution in [1.29, 1.82) is 0 Å². The number of oxazole rings is 1. The molecule has 0 aliphatic heterocycles. The van der Waals surface area contributed by atoms with Crippen molar-refractivity contribution in [3.8, 4) is 0 Å². The van der Waals surface area contributed by atoms with Gasteiger partial charge in [-0.3, -0.25) is 4.79 Å². The van der Waals surface area contributed by atoms with Gasteiger partial charge in [-0.2, -0.15) is 11.3 Å². The van der Waals surface area contributed by atoms with E-state index in [0.717, 1.165) is 0 Å². The second kappa shape index (κ2) is 3.57. The summed E-state index contributed by atoms with van der Waals surface area (Å²) < 4.78 is 5.40. The third-order valence-electron chi connectivity index (χ3n) is 2.27. The molecule has 0 amide bonds. The van der Waals surface area contributed by atoms with Gasteiger partial charge in [0.25, 0.3) is 5.89 Å². The molecule has 2 heterocycles. The van der Waals surface area contributed by atoms with E-state index in [2.05, 4.69) is 4.98 Å². The number of aromatic nitrogens is 1. The third kappa shape index (κ3) is 1.44. The fraction of sp³-hybridized carbons (Fsp3) is 0. The third-order valence-corrected chi connectivity index (χ3v) is 2.95. The molecule has 0 saturated heterocycles. The number of ketones is 1. The first-order chi connectivity index (χ1) is 7.84. The van der Waals surface area contributed by atoms with Crippen molar-refractivity contribution in [3.05, 3.63) is 52.5 Å². The lowest BCUT2D eigenvalue weighted by molar-refractivity contribution is 0.101. The number of benzene rings is 1. The minimum Gasteiger partial charge on any atom is -0.433 e. The Morgan fingerprint density at radius 3 is 2.88 bits per heavy atom. The number of hydrogen-bond acceptors (Lipinski definition) is 4. The molecule has 3 aromatic rings. The number of carbonyl (C=O) groups excluding carboxylic acids is 1. The molecule has 2 aromatic heterocycles. The standard InChI is InChI=1S/C12H7NO2S/c14-11(8-5-6-16-7-8)12-13-9-3-1-2-4-10(9)15-12/h1-7H. The minimum atomic E-state index is -0.169. The topological polar surface area (TPSA) is 43.1 Å². The molecule has 0 saturated carbocycles. The predicted octanol–water partition coefficient (Wildman–Crippen LogP) is 3.12. The van der Waals surface area contributed by atoms with E-state index in [9.17, 15) is 4.79 Å². The van der Waals surface area contributed by atoms with Crippen molar-refractivity contribution in [2.45, 2.75) is 0 Å². The van der Waals surface area contributed by atoms with Gasteiger partial charge in [0.1, 0.15) is 5.52 Å². The van der Waals surface area contributed by atoms with Gasteiger partial charge >= 0.3 is 0 Å². The molecular weight excluding hydrogens is 222 g/mol. The van der Waals surface area contributed by atoms with Crippen LogP contribution in [0.3, 0.4) is 0 Å². The molecule has 0 radical (unpaired) electrons. The second-order valence-corrected chi connectivity index (χ2v) is 4.11. The van der Waals surface area contributed by atoms with E-state index in [-0.39, 0.29) is 11.7 Å². The molecule has 0 N–H and O–H groups in total. The van der Waals surface area contributed by atoms with Crippen LogP contribution in [0.5, 0.6) is 0 Å². The summed E-state index contributed by atoms with van der Waals surface area (Å²) in [5, 5.41) is 3.65. The van der Waals surface area contributed by atoms with Crippen LogP contribution in [0, 0.1) is 0 Å². The maximum atomic E-state index is 11.9. The lowest BCUT2D eigenvalue weighted by atomic mass is 10.2. The van der Waals surface area contributed by atoms with E-state index in [1.165, 1.54) is 11.3 Å². The molecular formula is C12H7NO2S. The largest absolute Gasteiger partial charge is 0.433 e. The molecule has 0 fully saturated rings. The summed E-state index contributed by atoms with van der Waals surface area (Å²) >= 11 is 1.48. The van der Waals surface area contributed by atoms with Crippen LogP contribution in [-0.4, -0.2) is 10.8 Å². The Bertz CT molecular complexity index is 607. The Kier molecular flexibility index (Phi) is 2.08. The smallest absolute Gasteiger partial charge is 0.269 e. The zero-order valence-corrected chi connectivity index (χ0v) is 9.03. The summed E-state index contributed by atoms with van der Waals surface area (Å²) in [4.78, 5) is 16.1. The average molecular weight is 229 g/mol. The first-order valence-electron chi connectivity index (χ1n) is 4.77. The molecule has 0 unspecified atom stereocenters. The molecule has 1 aromatic carbocycles. The van der Waals surface area contributed by atoms with E-state index < -0.39 is 0 Å². The van der Waals surface area contributed by atoms with Crippen LogP contribution >= 0.6 is 11.3 Å². The van der Waals surface area contributed by atoms with Crippen molar-refractivity contribution in [1.82, 2.24) is 4.98 Å². The monoisotopic (exact) mass is 229 g/mol. The molecule has 16 heavy (non-hydrogen) atoms. The molecule has 0 atom stereocenters. The van der Waals surface area contributed by atoms with Crippen LogP contribution < -0.4 is 0 Å². The van der Waals surface area contributed by atoms with E-state index in [0.29, 0.717) is 16.7 Å². The Morgan fingerprint density at radius 1 is 1.25 bits per heavy atom. The summed E-state index contributed by atoms with van der Waals surface area (Å²) in [6.45, 7) is 0. The van der Waals surface area contributed by atoms with Gasteiger partial charge in [0, 0.05) is 10.9 Å². The zero-order valence-electron chi connectivity index (χ0n) is 8.21. The van der Waals surface area contributed by atoms with Crippen LogP contribution in [-0.2, 0) is 0 Å². The Hall–Kier alpha value is -1.94. The van der Waals surface area contributed by atoms with Crippen molar-refractivity contribution in [3.63, 3.8) is 0 Å². The molecule has 78 valence electrons. The number of rotatable bonds is 2. The highest BCUT2D eigenvalue weighted by atomic mass is 32.1. The van der Waals surface area contributed by atoms with Crippen LogP contribution in [0.25, 0.3) is 11.1 Å². The highest BCUT2D eigenvalue weighted by Crippen LogP contribution is 2.18. The molecule has 0 aliphatic rings. The van der Waals surface area contributed by atoms with Crippen molar-refractivity contribution in [2.24, 2.45) is 0 Å². The van der Waals surface area contributed by atoms with Gasteiger partial charge in [-0.05, 0) is 23.6 Å². The number of hydrogen-bond donors (Lipinski definition) is 0. The van der Waals surface area contributed by atoms with Gasteiger partial charge < -0.3 is 4.42 Å². The van der Waals surface area contributed by atoms with Crippen LogP contribution in [0.2, 0.25) is 0 Å². The molecule has 4 heteroatoms. The van der Waals surface area contributed by atoms with E-state index >= 15 is 0 Å². The SMILES string of the molecule is O=C(c1ccsc1)c1nc2ccccc2o1. The van der Waals surface area contributed by atoms with Crippen molar-refractivity contribution in [2.75, 3.05) is 0 Å². The molecule has 0 aliphatic carbocycles. The fourth-order valence-corrected chi connectivity index (χ4v) is 2.12. The molecule has 3 nitrogen and oxygen atoms in total. The summed E-state index contributed by atoms with van der Waals surface area (Å²) in [7, 11) is 0. The maximum Gasteiger partial charge on any atom is 0.269 e. The van der Waals surface area contributed by atoms with Crippen LogP contribution in [0.4, 0.5) is 0 Å². The highest BCUT2D eigenvalue weighted by Gasteiger charge is 2.16. The van der Waals surface area contributed by atoms with Crippen molar-refractivity contribution >= 4 is 28.2 Å². The quantitative estimate of drug-likeness (QED) is 0.634. The van der Waals surface area contributed by atoms with Gasteiger partial charge in [0.05, 0.1) is 0 Å². The highest BCUT2D eigenvalue weighted by molar-refractivity contribution is 7.08. The van der Waals surface area contributed by atoms with E-state index in [1.54, 1.807) is 17.5 Å². The zero-order chi connectivity index (χ0) is 11.0. The number of para-hydroxylation sites is 2. The van der Waals surface area contributed by atoms with Gasteiger partial charge in [-0.15, -0.1) is 0 Å². The summed E-state index contributed by atoms with van der Waals surface area (Å²) in [5.74, 6) is -0.0166. The number of nitrogens with zero attached hydrogens (tertiary/aromatic N) is 1. The summed E-state index contributed by atoms with van der Waals surface area (Å²) in [6.07, 6.45) is 0. The van der Waals surface area contributed by atoms with Gasteiger partial charge in [-0.25, -0.2) is 4.98 Å². The molecule has 0 bridgehead atoms. The fourth-order valence-electron chi connectivity index (χ4n) is 1.49. The van der Waals surface area contributed by atoms with Gasteiger partial charge in [-0.1, -0.05) is 12.1 Å². The van der Waals surface area contributed by atoms with Gasteiger partial charge in [0.15, 0.2) is 5.58 Å². The normalized spacial score (nSPS) is 10.8. The first-order valence-corrected chi connectivity index (χ1v) is 5.71. The summed E-state index contributed by atoms with van der Waals surface area (Å²) in [5.41, 5.74) is 1.97. The molecule has 3 rings (SSSR count). The van der Waals surface area contributed by atoms with E-state index in [1.807, 2.05) is 23.6 Å².